The van der Waals surface area contributed by atoms with E-state index in [1.54, 1.807) is 22.6 Å². The largest absolute Gasteiger partial charge is 0.467 e. The number of hydrogen-bond acceptors (Lipinski definition) is 6. The first kappa shape index (κ1) is 17.3. The maximum absolute atomic E-state index is 13.0. The molecule has 0 spiro atoms. The quantitative estimate of drug-likeness (QED) is 0.486. The topological polar surface area (TPSA) is 74.5 Å². The summed E-state index contributed by atoms with van der Waals surface area (Å²) in [5.41, 5.74) is 2.77. The molecule has 140 valence electrons. The third kappa shape index (κ3) is 3.25. The normalized spacial score (nSPS) is 16.6. The fourth-order valence-electron chi connectivity index (χ4n) is 3.23. The second-order valence-electron chi connectivity index (χ2n) is 6.35. The van der Waals surface area contributed by atoms with Crippen LogP contribution >= 0.6 is 23.1 Å². The lowest BCUT2D eigenvalue weighted by Gasteiger charge is -2.19. The predicted molar refractivity (Wildman–Crippen MR) is 111 cm³/mol. The lowest BCUT2D eigenvalue weighted by Crippen LogP contribution is -2.28. The van der Waals surface area contributed by atoms with Gasteiger partial charge in [-0.05, 0) is 35.7 Å². The summed E-state index contributed by atoms with van der Waals surface area (Å²) in [6, 6.07) is 15.4. The van der Waals surface area contributed by atoms with Crippen LogP contribution < -0.4 is 0 Å². The molecule has 3 aromatic heterocycles. The fraction of sp³-hybridized carbons (Fsp3) is 0.150. The fourth-order valence-corrected chi connectivity index (χ4v) is 4.69. The molecule has 0 aliphatic carbocycles. The van der Waals surface area contributed by atoms with Gasteiger partial charge in [0.05, 0.1) is 33.6 Å². The van der Waals surface area contributed by atoms with E-state index in [1.165, 1.54) is 11.8 Å². The third-order valence-electron chi connectivity index (χ3n) is 4.54. The first-order valence-corrected chi connectivity index (χ1v) is 10.7. The van der Waals surface area contributed by atoms with E-state index < -0.39 is 0 Å². The molecule has 1 aromatic carbocycles. The van der Waals surface area contributed by atoms with Crippen molar-refractivity contribution in [2.24, 2.45) is 5.10 Å². The van der Waals surface area contributed by atoms with Gasteiger partial charge in [0, 0.05) is 6.42 Å². The summed E-state index contributed by atoms with van der Waals surface area (Å²) in [6.07, 6.45) is 2.28. The van der Waals surface area contributed by atoms with Crippen molar-refractivity contribution in [3.8, 4) is 0 Å². The van der Waals surface area contributed by atoms with Crippen molar-refractivity contribution >= 4 is 45.8 Å². The summed E-state index contributed by atoms with van der Waals surface area (Å²) in [5.74, 6) is 0.925. The highest BCUT2D eigenvalue weighted by Crippen LogP contribution is 2.34. The van der Waals surface area contributed by atoms with Crippen LogP contribution in [0.3, 0.4) is 0 Å². The smallest absolute Gasteiger partial charge is 0.253 e. The van der Waals surface area contributed by atoms with Gasteiger partial charge in [-0.3, -0.25) is 4.79 Å². The average molecular weight is 409 g/mol. The lowest BCUT2D eigenvalue weighted by atomic mass is 10.1. The highest BCUT2D eigenvalue weighted by molar-refractivity contribution is 7.99. The van der Waals surface area contributed by atoms with Crippen LogP contribution in [-0.4, -0.2) is 32.3 Å². The van der Waals surface area contributed by atoms with Crippen molar-refractivity contribution in [3.63, 3.8) is 0 Å². The highest BCUT2D eigenvalue weighted by Gasteiger charge is 2.35. The SMILES string of the molecule is O=C(CSc1nc2ccccc2[nH]1)N1N=C(c2cccs2)C[C@@H]1c1ccco1. The number of para-hydroxylation sites is 2. The summed E-state index contributed by atoms with van der Waals surface area (Å²) in [7, 11) is 0. The molecule has 1 aliphatic heterocycles. The summed E-state index contributed by atoms with van der Waals surface area (Å²) in [4.78, 5) is 21.8. The first-order valence-electron chi connectivity index (χ1n) is 8.82. The Morgan fingerprint density at radius 2 is 2.18 bits per heavy atom. The summed E-state index contributed by atoms with van der Waals surface area (Å²) in [5, 5.41) is 8.93. The Labute approximate surface area is 169 Å². The predicted octanol–water partition coefficient (Wildman–Crippen LogP) is 4.69. The van der Waals surface area contributed by atoms with E-state index in [0.29, 0.717) is 6.42 Å². The van der Waals surface area contributed by atoms with Gasteiger partial charge in [0.2, 0.25) is 0 Å². The first-order chi connectivity index (χ1) is 13.8. The second-order valence-corrected chi connectivity index (χ2v) is 8.26. The van der Waals surface area contributed by atoms with Crippen LogP contribution in [0, 0.1) is 0 Å². The number of fused-ring (bicyclic) bond motifs is 1. The minimum atomic E-state index is -0.212. The number of H-pyrrole nitrogens is 1. The number of amides is 1. The molecule has 0 saturated carbocycles. The molecule has 8 heteroatoms. The van der Waals surface area contributed by atoms with E-state index in [4.69, 9.17) is 4.42 Å². The van der Waals surface area contributed by atoms with Gasteiger partial charge in [-0.2, -0.15) is 5.10 Å². The van der Waals surface area contributed by atoms with Gasteiger partial charge in [-0.15, -0.1) is 11.3 Å². The van der Waals surface area contributed by atoms with Crippen LogP contribution in [0.5, 0.6) is 0 Å². The minimum Gasteiger partial charge on any atom is -0.467 e. The van der Waals surface area contributed by atoms with E-state index in [-0.39, 0.29) is 17.7 Å². The zero-order valence-electron chi connectivity index (χ0n) is 14.7. The van der Waals surface area contributed by atoms with Gasteiger partial charge >= 0.3 is 0 Å². The molecular weight excluding hydrogens is 392 g/mol. The van der Waals surface area contributed by atoms with Gasteiger partial charge in [0.15, 0.2) is 5.16 Å². The molecule has 4 heterocycles. The number of aromatic amines is 1. The van der Waals surface area contributed by atoms with E-state index in [9.17, 15) is 4.79 Å². The van der Waals surface area contributed by atoms with Crippen molar-refractivity contribution in [2.45, 2.75) is 17.6 Å². The number of imidazole rings is 1. The molecule has 5 rings (SSSR count). The number of carbonyl (C=O) groups excluding carboxylic acids is 1. The Kier molecular flexibility index (Phi) is 4.50. The number of benzene rings is 1. The van der Waals surface area contributed by atoms with Crippen LogP contribution in [0.4, 0.5) is 0 Å². The van der Waals surface area contributed by atoms with Gasteiger partial charge < -0.3 is 9.40 Å². The molecule has 0 saturated heterocycles. The van der Waals surface area contributed by atoms with E-state index in [2.05, 4.69) is 15.1 Å². The van der Waals surface area contributed by atoms with Gasteiger partial charge in [-0.1, -0.05) is 30.0 Å². The van der Waals surface area contributed by atoms with Gasteiger partial charge in [0.25, 0.3) is 5.91 Å². The Hall–Kier alpha value is -2.84. The Bertz CT molecular complexity index is 1100. The van der Waals surface area contributed by atoms with Crippen LogP contribution in [0.25, 0.3) is 11.0 Å². The molecular formula is C20H16N4O2S2. The number of aromatic nitrogens is 2. The molecule has 1 aliphatic rings. The second kappa shape index (κ2) is 7.29. The zero-order chi connectivity index (χ0) is 18.9. The molecule has 1 amide bonds. The Morgan fingerprint density at radius 1 is 1.25 bits per heavy atom. The number of furan rings is 1. The Balaban J connectivity index is 1.36. The molecule has 28 heavy (non-hydrogen) atoms. The number of nitrogens with zero attached hydrogens (tertiary/aromatic N) is 3. The number of hydrogen-bond donors (Lipinski definition) is 1. The lowest BCUT2D eigenvalue weighted by molar-refractivity contribution is -0.130. The van der Waals surface area contributed by atoms with Gasteiger partial charge in [0.1, 0.15) is 11.8 Å². The van der Waals surface area contributed by atoms with E-state index in [0.717, 1.165) is 32.5 Å². The zero-order valence-corrected chi connectivity index (χ0v) is 16.4. The summed E-state index contributed by atoms with van der Waals surface area (Å²) < 4.78 is 5.58. The standard InChI is InChI=1S/C20H16N4O2S2/c25-19(12-28-20-21-13-5-1-2-6-14(13)22-20)24-16(17-7-3-9-26-17)11-15(23-24)18-8-4-10-27-18/h1-10,16H,11-12H2,(H,21,22)/t16-/m1/s1. The van der Waals surface area contributed by atoms with Crippen molar-refractivity contribution in [3.05, 3.63) is 70.8 Å². The van der Waals surface area contributed by atoms with Crippen LogP contribution in [-0.2, 0) is 4.79 Å². The molecule has 4 aromatic rings. The van der Waals surface area contributed by atoms with Crippen LogP contribution in [0.2, 0.25) is 0 Å². The van der Waals surface area contributed by atoms with E-state index >= 15 is 0 Å². The molecule has 0 radical (unpaired) electrons. The molecule has 0 bridgehead atoms. The highest BCUT2D eigenvalue weighted by atomic mass is 32.2. The van der Waals surface area contributed by atoms with Crippen molar-refractivity contribution < 1.29 is 9.21 Å². The molecule has 1 N–H and O–H groups in total. The molecule has 0 unspecified atom stereocenters. The number of hydrazone groups is 1. The van der Waals surface area contributed by atoms with Crippen molar-refractivity contribution in [2.75, 3.05) is 5.75 Å². The van der Waals surface area contributed by atoms with Crippen LogP contribution in [0.1, 0.15) is 23.1 Å². The van der Waals surface area contributed by atoms with Crippen LogP contribution in [0.15, 0.2) is 74.8 Å². The van der Waals surface area contributed by atoms with Crippen molar-refractivity contribution in [1.29, 1.82) is 0 Å². The Morgan fingerprint density at radius 3 is 2.96 bits per heavy atom. The number of thioether (sulfide) groups is 1. The number of carbonyl (C=O) groups is 1. The monoisotopic (exact) mass is 408 g/mol. The number of nitrogens with one attached hydrogen (secondary N) is 1. The number of rotatable bonds is 5. The molecule has 0 fully saturated rings. The maximum Gasteiger partial charge on any atom is 0.253 e. The molecule has 6 nitrogen and oxygen atoms in total. The minimum absolute atomic E-state index is 0.0709. The van der Waals surface area contributed by atoms with Gasteiger partial charge in [-0.25, -0.2) is 9.99 Å². The summed E-state index contributed by atoms with van der Waals surface area (Å²) >= 11 is 3.01. The van der Waals surface area contributed by atoms with E-state index in [1.807, 2.05) is 53.9 Å². The number of thiophene rings is 1. The maximum atomic E-state index is 13.0. The average Bonchev–Trinajstić information content (AvgIpc) is 3.50. The molecule has 1 atom stereocenters. The van der Waals surface area contributed by atoms with Crippen molar-refractivity contribution in [1.82, 2.24) is 15.0 Å². The third-order valence-corrected chi connectivity index (χ3v) is 6.32. The summed E-state index contributed by atoms with van der Waals surface area (Å²) in [6.45, 7) is 0.